The first kappa shape index (κ1) is 10.4. The molecule has 1 aromatic carbocycles. The first-order chi connectivity index (χ1) is 7.68. The first-order valence-corrected chi connectivity index (χ1v) is 5.07. The quantitative estimate of drug-likeness (QED) is 0.765. The van der Waals surface area contributed by atoms with Crippen LogP contribution in [0.1, 0.15) is 11.1 Å². The lowest BCUT2D eigenvalue weighted by molar-refractivity contribution is -0.132. The van der Waals surface area contributed by atoms with Gasteiger partial charge in [0.25, 0.3) is 0 Å². The van der Waals surface area contributed by atoms with Gasteiger partial charge >= 0.3 is 5.97 Å². The minimum absolute atomic E-state index is 0.132. The smallest absolute Gasteiger partial charge is 0.335 e. The second kappa shape index (κ2) is 4.19. The van der Waals surface area contributed by atoms with Gasteiger partial charge in [-0.05, 0) is 29.2 Å². The molecule has 0 bridgehead atoms. The molecular formula is C14H12O2. The number of hydrogen-bond donors (Lipinski definition) is 1. The summed E-state index contributed by atoms with van der Waals surface area (Å²) < 4.78 is 0. The minimum atomic E-state index is -0.977. The summed E-state index contributed by atoms with van der Waals surface area (Å²) in [7, 11) is 0. The van der Waals surface area contributed by atoms with Crippen molar-refractivity contribution in [1.82, 2.24) is 0 Å². The van der Waals surface area contributed by atoms with Crippen LogP contribution >= 0.6 is 0 Å². The lowest BCUT2D eigenvalue weighted by atomic mass is 10.0. The summed E-state index contributed by atoms with van der Waals surface area (Å²) in [5.41, 5.74) is 3.06. The van der Waals surface area contributed by atoms with Gasteiger partial charge in [0.1, 0.15) is 0 Å². The van der Waals surface area contributed by atoms with Crippen molar-refractivity contribution in [2.24, 2.45) is 0 Å². The number of fused-ring (bicyclic) bond motifs is 1. The molecule has 0 amide bonds. The van der Waals surface area contributed by atoms with Gasteiger partial charge in [0, 0.05) is 0 Å². The summed E-state index contributed by atoms with van der Waals surface area (Å²) in [4.78, 5) is 10.8. The molecule has 2 heteroatoms. The maximum absolute atomic E-state index is 10.8. The maximum Gasteiger partial charge on any atom is 0.335 e. The Bertz CT molecular complexity index is 507. The Balaban J connectivity index is 2.46. The Morgan fingerprint density at radius 1 is 1.31 bits per heavy atom. The summed E-state index contributed by atoms with van der Waals surface area (Å²) in [6.45, 7) is 3.57. The molecule has 2 nitrogen and oxygen atoms in total. The highest BCUT2D eigenvalue weighted by atomic mass is 16.4. The number of aliphatic carboxylic acids is 1. The zero-order valence-corrected chi connectivity index (χ0v) is 8.81. The number of benzene rings is 1. The lowest BCUT2D eigenvalue weighted by Crippen LogP contribution is -2.00. The van der Waals surface area contributed by atoms with E-state index in [2.05, 4.69) is 6.58 Å². The third kappa shape index (κ3) is 1.96. The van der Waals surface area contributed by atoms with Crippen LogP contribution in [0.4, 0.5) is 0 Å². The highest BCUT2D eigenvalue weighted by Crippen LogP contribution is 2.22. The Morgan fingerprint density at radius 2 is 2.06 bits per heavy atom. The number of carboxylic acid groups (broad SMARTS) is 1. The largest absolute Gasteiger partial charge is 0.478 e. The molecule has 1 aliphatic carbocycles. The number of carbonyl (C=O) groups is 1. The molecule has 1 aliphatic rings. The standard InChI is InChI=1S/C14H12O2/c1-10(14(15)16)12-8-4-7-11-5-2-3-6-13(11)9-12/h2-6,8-9H,1,7H2,(H,15,16). The van der Waals surface area contributed by atoms with Gasteiger partial charge in [0.15, 0.2) is 0 Å². The van der Waals surface area contributed by atoms with Gasteiger partial charge in [-0.1, -0.05) is 43.0 Å². The first-order valence-electron chi connectivity index (χ1n) is 5.07. The zero-order chi connectivity index (χ0) is 11.5. The van der Waals surface area contributed by atoms with Gasteiger partial charge in [-0.15, -0.1) is 0 Å². The third-order valence-corrected chi connectivity index (χ3v) is 2.61. The van der Waals surface area contributed by atoms with E-state index in [-0.39, 0.29) is 5.57 Å². The summed E-state index contributed by atoms with van der Waals surface area (Å²) in [5.74, 6) is -0.977. The molecule has 0 saturated heterocycles. The van der Waals surface area contributed by atoms with E-state index in [0.29, 0.717) is 5.57 Å². The predicted molar refractivity (Wildman–Crippen MR) is 64.0 cm³/mol. The lowest BCUT2D eigenvalue weighted by Gasteiger charge is -2.02. The molecule has 16 heavy (non-hydrogen) atoms. The summed E-state index contributed by atoms with van der Waals surface area (Å²) >= 11 is 0. The fourth-order valence-corrected chi connectivity index (χ4v) is 1.70. The topological polar surface area (TPSA) is 37.3 Å². The van der Waals surface area contributed by atoms with E-state index >= 15 is 0 Å². The van der Waals surface area contributed by atoms with E-state index in [1.807, 2.05) is 42.5 Å². The van der Waals surface area contributed by atoms with Crippen LogP contribution in [0, 0.1) is 0 Å². The Labute approximate surface area is 94.2 Å². The molecule has 0 aliphatic heterocycles. The number of allylic oxidation sites excluding steroid dienone is 2. The van der Waals surface area contributed by atoms with Crippen LogP contribution in [0.25, 0.3) is 6.08 Å². The van der Waals surface area contributed by atoms with Crippen molar-refractivity contribution in [3.8, 4) is 0 Å². The van der Waals surface area contributed by atoms with Crippen LogP contribution in [0.15, 0.2) is 54.1 Å². The van der Waals surface area contributed by atoms with Crippen molar-refractivity contribution in [1.29, 1.82) is 0 Å². The number of carboxylic acids is 1. The van der Waals surface area contributed by atoms with Crippen LogP contribution < -0.4 is 0 Å². The zero-order valence-electron chi connectivity index (χ0n) is 8.81. The van der Waals surface area contributed by atoms with Gasteiger partial charge in [0.05, 0.1) is 5.57 Å². The molecular weight excluding hydrogens is 200 g/mol. The molecule has 0 saturated carbocycles. The van der Waals surface area contributed by atoms with Crippen molar-refractivity contribution in [3.05, 3.63) is 65.3 Å². The van der Waals surface area contributed by atoms with E-state index < -0.39 is 5.97 Å². The Hall–Kier alpha value is -2.09. The molecule has 0 fully saturated rings. The third-order valence-electron chi connectivity index (χ3n) is 2.61. The van der Waals surface area contributed by atoms with Gasteiger partial charge in [0.2, 0.25) is 0 Å². The molecule has 0 radical (unpaired) electrons. The van der Waals surface area contributed by atoms with Gasteiger partial charge < -0.3 is 5.11 Å². The van der Waals surface area contributed by atoms with E-state index in [9.17, 15) is 4.79 Å². The molecule has 0 spiro atoms. The summed E-state index contributed by atoms with van der Waals surface area (Å²) in [5, 5.41) is 8.90. The Morgan fingerprint density at radius 3 is 2.81 bits per heavy atom. The molecule has 0 heterocycles. The van der Waals surface area contributed by atoms with Crippen LogP contribution in [0.3, 0.4) is 0 Å². The van der Waals surface area contributed by atoms with Crippen LogP contribution in [-0.4, -0.2) is 11.1 Å². The van der Waals surface area contributed by atoms with Crippen molar-refractivity contribution in [3.63, 3.8) is 0 Å². The van der Waals surface area contributed by atoms with E-state index in [4.69, 9.17) is 5.11 Å². The Kier molecular flexibility index (Phi) is 2.73. The van der Waals surface area contributed by atoms with Gasteiger partial charge in [-0.25, -0.2) is 4.79 Å². The average molecular weight is 212 g/mol. The molecule has 0 aromatic heterocycles. The van der Waals surface area contributed by atoms with Crippen LogP contribution in [-0.2, 0) is 11.2 Å². The van der Waals surface area contributed by atoms with E-state index in [1.54, 1.807) is 0 Å². The normalized spacial score (nSPS) is 13.6. The summed E-state index contributed by atoms with van der Waals surface area (Å²) in [6.07, 6.45) is 6.47. The van der Waals surface area contributed by atoms with E-state index in [0.717, 1.165) is 12.0 Å². The highest BCUT2D eigenvalue weighted by Gasteiger charge is 2.10. The highest BCUT2D eigenvalue weighted by molar-refractivity contribution is 5.94. The molecule has 1 N–H and O–H groups in total. The monoisotopic (exact) mass is 212 g/mol. The fourth-order valence-electron chi connectivity index (χ4n) is 1.70. The van der Waals surface area contributed by atoms with Crippen molar-refractivity contribution in [2.45, 2.75) is 6.42 Å². The van der Waals surface area contributed by atoms with Crippen LogP contribution in [0.2, 0.25) is 0 Å². The second-order valence-electron chi connectivity index (χ2n) is 3.69. The molecule has 1 aromatic rings. The van der Waals surface area contributed by atoms with Crippen molar-refractivity contribution >= 4 is 12.0 Å². The maximum atomic E-state index is 10.8. The molecule has 2 rings (SSSR count). The SMILES string of the molecule is C=C(C(=O)O)C1=Cc2ccccc2CC=C1. The van der Waals surface area contributed by atoms with Crippen LogP contribution in [0.5, 0.6) is 0 Å². The fraction of sp³-hybridized carbons (Fsp3) is 0.0714. The molecule has 0 unspecified atom stereocenters. The van der Waals surface area contributed by atoms with Crippen molar-refractivity contribution in [2.75, 3.05) is 0 Å². The predicted octanol–water partition coefficient (Wildman–Crippen LogP) is 2.82. The van der Waals surface area contributed by atoms with Crippen molar-refractivity contribution < 1.29 is 9.90 Å². The molecule has 80 valence electrons. The number of hydrogen-bond acceptors (Lipinski definition) is 1. The minimum Gasteiger partial charge on any atom is -0.478 e. The second-order valence-corrected chi connectivity index (χ2v) is 3.69. The average Bonchev–Trinajstić information content (AvgIpc) is 2.49. The summed E-state index contributed by atoms with van der Waals surface area (Å²) in [6, 6.07) is 7.96. The number of rotatable bonds is 2. The van der Waals surface area contributed by atoms with E-state index in [1.165, 1.54) is 5.56 Å². The van der Waals surface area contributed by atoms with Gasteiger partial charge in [-0.2, -0.15) is 0 Å². The molecule has 0 atom stereocenters. The van der Waals surface area contributed by atoms with Gasteiger partial charge in [-0.3, -0.25) is 0 Å².